The summed E-state index contributed by atoms with van der Waals surface area (Å²) in [6.07, 6.45) is 37.1. The molecule has 6 aliphatic carbocycles. The second kappa shape index (κ2) is 28.5. The summed E-state index contributed by atoms with van der Waals surface area (Å²) in [6.45, 7) is 6.51. The van der Waals surface area contributed by atoms with Crippen LogP contribution in [0.5, 0.6) is 0 Å². The van der Waals surface area contributed by atoms with Gasteiger partial charge in [0.15, 0.2) is 18.6 Å². The molecule has 9 aromatic rings. The maximum absolute atomic E-state index is 9.21. The fourth-order valence-electron chi connectivity index (χ4n) is 17.4. The number of H-pyrrole nitrogens is 1. The summed E-state index contributed by atoms with van der Waals surface area (Å²) in [5.74, 6) is 3.14. The number of rotatable bonds is 9. The number of nitrogens with zero attached hydrogens (tertiary/aromatic N) is 2. The minimum atomic E-state index is -0.402. The van der Waals surface area contributed by atoms with Crippen molar-refractivity contribution < 1.29 is 45.0 Å². The number of hydrogen-bond donors (Lipinski definition) is 0. The van der Waals surface area contributed by atoms with Crippen molar-refractivity contribution in [2.75, 3.05) is 0 Å². The van der Waals surface area contributed by atoms with Crippen LogP contribution in [-0.4, -0.2) is 0 Å². The third-order valence-electron chi connectivity index (χ3n) is 22.9. The minimum absolute atomic E-state index is 0. The van der Waals surface area contributed by atoms with Crippen LogP contribution in [0.15, 0.2) is 201 Å². The Kier molecular flexibility index (Phi) is 19.7. The summed E-state index contributed by atoms with van der Waals surface area (Å²) in [6, 6.07) is 66.8. The van der Waals surface area contributed by atoms with E-state index in [-0.39, 0.29) is 29.6 Å². The Morgan fingerprint density at radius 3 is 1.26 bits per heavy atom. The van der Waals surface area contributed by atoms with E-state index in [1.807, 2.05) is 0 Å². The molecule has 3 unspecified atom stereocenters. The standard InChI is InChI=1S/C30H36N.C29H33N.C26H28N.Na/c1-23-8-4-5-9-28(23)29-15-14-27(22-31(29)2)25-12-10-24(11-13-25)26-16-20-30(21-17-26)18-6-3-7-19-30;1-22-7-3-4-8-27(22)28-14-13-26(21-30-28)24-11-9-23(10-12-24)25-15-19-29(20-16-25)17-5-2-6-18-29;1-18-5-3-4-6-24(18)26-14-13-23(17-27(26)2)20-9-11-21(12-10-20)25-16-19-7-8-22(25)15-19;/h4-5,8-15,22,26H,3,6-7,16-21H2,1-2H3;3-4,7-14,21,25H,2,5-6,15-20H2,1H3;3-6,9-14,17,19,22,25H,7-8,15-16H2,1-2H3;/q+1;;2*+1/p+1/i26D;;;. The molecule has 89 heavy (non-hydrogen) atoms. The van der Waals surface area contributed by atoms with Crippen molar-refractivity contribution in [2.24, 2.45) is 36.8 Å². The molecule has 3 heterocycles. The first-order valence-corrected chi connectivity index (χ1v) is 34.4. The third kappa shape index (κ3) is 14.4. The van der Waals surface area contributed by atoms with Gasteiger partial charge in [0.25, 0.3) is 0 Å². The molecule has 0 amide bonds. The largest absolute Gasteiger partial charge is 1.00 e. The summed E-state index contributed by atoms with van der Waals surface area (Å²) in [4.78, 5) is 3.50. The number of hydrogen-bond acceptors (Lipinski definition) is 0. The molecule has 2 spiro atoms. The van der Waals surface area contributed by atoms with Gasteiger partial charge in [-0.3, -0.25) is 0 Å². The fraction of sp³-hybridized carbons (Fsp3) is 0.400. The van der Waals surface area contributed by atoms with Crippen LogP contribution in [0.4, 0.5) is 0 Å². The summed E-state index contributed by atoms with van der Waals surface area (Å²) >= 11 is 0. The first-order chi connectivity index (χ1) is 43.4. The zero-order valence-corrected chi connectivity index (χ0v) is 56.8. The van der Waals surface area contributed by atoms with Gasteiger partial charge in [-0.1, -0.05) is 172 Å². The Morgan fingerprint density at radius 2 is 0.820 bits per heavy atom. The van der Waals surface area contributed by atoms with Gasteiger partial charge in [-0.2, -0.15) is 0 Å². The van der Waals surface area contributed by atoms with E-state index < -0.39 is 5.89 Å². The summed E-state index contributed by atoms with van der Waals surface area (Å²) in [5, 5.41) is 0. The van der Waals surface area contributed by atoms with Crippen molar-refractivity contribution in [3.8, 4) is 67.2 Å². The third-order valence-corrected chi connectivity index (χ3v) is 22.9. The van der Waals surface area contributed by atoms with Crippen LogP contribution in [-0.2, 0) is 14.1 Å². The zero-order valence-electron chi connectivity index (χ0n) is 55.8. The molecule has 3 atom stereocenters. The first-order valence-electron chi connectivity index (χ1n) is 34.9. The molecule has 450 valence electrons. The van der Waals surface area contributed by atoms with Gasteiger partial charge in [0.05, 0.1) is 0 Å². The number of pyridine rings is 3. The van der Waals surface area contributed by atoms with Crippen molar-refractivity contribution in [2.45, 2.75) is 180 Å². The Balaban J connectivity index is 0.000000130. The fourth-order valence-corrected chi connectivity index (χ4v) is 17.4. The second-order valence-electron chi connectivity index (χ2n) is 28.4. The van der Waals surface area contributed by atoms with E-state index in [1.54, 1.807) is 11.1 Å². The first kappa shape index (κ1) is 61.6. The maximum atomic E-state index is 9.21. The number of aryl methyl sites for hydroxylation is 5. The predicted octanol–water partition coefficient (Wildman–Crippen LogP) is 18.6. The Hall–Kier alpha value is -6.23. The summed E-state index contributed by atoms with van der Waals surface area (Å²) in [5.41, 5.74) is 24.6. The molecule has 6 aliphatic rings. The topological polar surface area (TPSA) is 21.9 Å². The van der Waals surface area contributed by atoms with Gasteiger partial charge in [0.2, 0.25) is 17.1 Å². The van der Waals surface area contributed by atoms with Gasteiger partial charge in [-0.15, -0.1) is 0 Å². The molecular formula is C85H98N3Na+4. The molecule has 15 rings (SSSR count). The SMILES string of the molecule is Cc1ccccc1-c1ccc(-c2ccc(C3CC4CCC3C4)cc2)c[n+]1C.Cc1ccccc1-c1ccc(-c2ccc(C3CCC4(CCCCC4)CC3)cc2)c[nH+]1.[2H]C1(c2ccc(-c3ccc(-c4ccccc4C)[n+](C)c3)cc2)CCC2(CCCCC2)CC1.[Na+]. The Morgan fingerprint density at radius 1 is 0.393 bits per heavy atom. The van der Waals surface area contributed by atoms with E-state index >= 15 is 0 Å². The molecule has 6 fully saturated rings. The van der Waals surface area contributed by atoms with Crippen molar-refractivity contribution in [3.05, 3.63) is 234 Å². The monoisotopic (exact) mass is 1180 g/mol. The quantitative estimate of drug-likeness (QED) is 0.102. The molecule has 0 saturated heterocycles. The van der Waals surface area contributed by atoms with Crippen LogP contribution in [0.1, 0.15) is 194 Å². The van der Waals surface area contributed by atoms with Crippen LogP contribution in [0.3, 0.4) is 0 Å². The molecule has 0 radical (unpaired) electrons. The molecule has 3 aromatic heterocycles. The average Bonchev–Trinajstić information content (AvgIpc) is 1.45. The van der Waals surface area contributed by atoms with Crippen LogP contribution >= 0.6 is 0 Å². The van der Waals surface area contributed by atoms with Gasteiger partial charge >= 0.3 is 29.6 Å². The molecular weight excluding hydrogens is 1090 g/mol. The van der Waals surface area contributed by atoms with Crippen molar-refractivity contribution >= 4 is 0 Å². The van der Waals surface area contributed by atoms with E-state index in [0.29, 0.717) is 10.8 Å². The minimum Gasteiger partial charge on any atom is -0.210 e. The predicted molar refractivity (Wildman–Crippen MR) is 367 cm³/mol. The summed E-state index contributed by atoms with van der Waals surface area (Å²) in [7, 11) is 4.27. The molecule has 0 aliphatic heterocycles. The number of aromatic nitrogens is 3. The molecule has 6 saturated carbocycles. The number of benzene rings is 6. The van der Waals surface area contributed by atoms with Crippen LogP contribution in [0, 0.1) is 43.4 Å². The zero-order chi connectivity index (χ0) is 61.0. The smallest absolute Gasteiger partial charge is 0.210 e. The number of nitrogens with one attached hydrogen (secondary N) is 1. The van der Waals surface area contributed by atoms with E-state index in [4.69, 9.17) is 0 Å². The average molecular weight is 1190 g/mol. The normalized spacial score (nSPS) is 21.8. The number of aromatic amines is 1. The summed E-state index contributed by atoms with van der Waals surface area (Å²) < 4.78 is 13.7. The van der Waals surface area contributed by atoms with Crippen molar-refractivity contribution in [1.82, 2.24) is 0 Å². The van der Waals surface area contributed by atoms with Gasteiger partial charge < -0.3 is 0 Å². The van der Waals surface area contributed by atoms with Crippen molar-refractivity contribution in [1.29, 1.82) is 0 Å². The van der Waals surface area contributed by atoms with E-state index in [2.05, 4.69) is 250 Å². The molecule has 1 N–H and O–H groups in total. The van der Waals surface area contributed by atoms with Crippen LogP contribution < -0.4 is 43.7 Å². The Labute approximate surface area is 558 Å². The molecule has 3 nitrogen and oxygen atoms in total. The Bertz CT molecular complexity index is 3830. The maximum Gasteiger partial charge on any atom is 1.00 e. The van der Waals surface area contributed by atoms with Gasteiger partial charge in [-0.25, -0.2) is 14.1 Å². The van der Waals surface area contributed by atoms with Crippen molar-refractivity contribution in [3.63, 3.8) is 0 Å². The van der Waals surface area contributed by atoms with Gasteiger partial charge in [0, 0.05) is 53.0 Å². The van der Waals surface area contributed by atoms with Gasteiger partial charge in [-0.05, 0) is 244 Å². The van der Waals surface area contributed by atoms with Crippen LogP contribution in [0.2, 0.25) is 0 Å². The van der Waals surface area contributed by atoms with Gasteiger partial charge in [0.1, 0.15) is 14.1 Å². The second-order valence-corrected chi connectivity index (χ2v) is 28.4. The molecule has 4 heteroatoms. The van der Waals surface area contributed by atoms with E-state index in [1.165, 1.54) is 218 Å². The van der Waals surface area contributed by atoms with Crippen LogP contribution in [0.25, 0.3) is 67.2 Å². The molecule has 6 aromatic carbocycles. The van der Waals surface area contributed by atoms with E-state index in [9.17, 15) is 1.37 Å². The number of fused-ring (bicyclic) bond motifs is 2. The molecule has 2 bridgehead atoms. The van der Waals surface area contributed by atoms with E-state index in [0.717, 1.165) is 36.5 Å².